The number of para-hydroxylation sites is 1. The molecule has 1 saturated carbocycles. The van der Waals surface area contributed by atoms with Gasteiger partial charge in [0.05, 0.1) is 28.8 Å². The number of carboxylic acids is 1. The molecule has 7 heteroatoms. The summed E-state index contributed by atoms with van der Waals surface area (Å²) in [6.45, 7) is 0. The Bertz CT molecular complexity index is 1110. The molecule has 7 nitrogen and oxygen atoms in total. The van der Waals surface area contributed by atoms with Gasteiger partial charge in [0.2, 0.25) is 11.8 Å². The van der Waals surface area contributed by atoms with Crippen LogP contribution in [0, 0.1) is 23.7 Å². The standard InChI is InChI=1S/C23H18N2O5/c26-20(24-17-7-2-1-6-16(17)23(29)30)14-4-3-5-15(11-14)25-21(27)18-12-8-9-13(10-12)19(18)22(25)28/h1-9,11-13,18-19H,10H2,(H,24,26)(H,29,30)/t12-,13-,18-,19+/m0/s1. The quantitative estimate of drug-likeness (QED) is 0.605. The lowest BCUT2D eigenvalue weighted by atomic mass is 9.85. The molecule has 0 radical (unpaired) electrons. The SMILES string of the molecule is O=C(Nc1ccccc1C(=O)O)c1cccc(N2C(=O)[C@@H]3[C@H](C2=O)[C@H]2C=C[C@H]3C2)c1. The van der Waals surface area contributed by atoms with E-state index in [2.05, 4.69) is 5.32 Å². The number of nitrogens with one attached hydrogen (secondary N) is 1. The number of allylic oxidation sites excluding steroid dienone is 2. The number of hydrogen-bond acceptors (Lipinski definition) is 4. The van der Waals surface area contributed by atoms with Gasteiger partial charge in [-0.15, -0.1) is 0 Å². The fourth-order valence-corrected chi connectivity index (χ4v) is 4.92. The van der Waals surface area contributed by atoms with Crippen molar-refractivity contribution in [2.45, 2.75) is 6.42 Å². The first-order chi connectivity index (χ1) is 14.5. The number of carboxylic acid groups (broad SMARTS) is 1. The van der Waals surface area contributed by atoms with Crippen LogP contribution in [0.15, 0.2) is 60.7 Å². The number of carbonyl (C=O) groups is 4. The van der Waals surface area contributed by atoms with Crippen molar-refractivity contribution in [3.05, 3.63) is 71.8 Å². The zero-order valence-electron chi connectivity index (χ0n) is 15.8. The fourth-order valence-electron chi connectivity index (χ4n) is 4.92. The van der Waals surface area contributed by atoms with Gasteiger partial charge in [0.15, 0.2) is 0 Å². The van der Waals surface area contributed by atoms with Crippen molar-refractivity contribution < 1.29 is 24.3 Å². The van der Waals surface area contributed by atoms with Crippen LogP contribution in [-0.2, 0) is 9.59 Å². The minimum atomic E-state index is -1.15. The lowest BCUT2D eigenvalue weighted by Gasteiger charge is -2.18. The maximum absolute atomic E-state index is 13.0. The Kier molecular flexibility index (Phi) is 4.06. The van der Waals surface area contributed by atoms with Crippen LogP contribution in [0.2, 0.25) is 0 Å². The second-order valence-electron chi connectivity index (χ2n) is 7.87. The monoisotopic (exact) mass is 402 g/mol. The molecule has 2 aliphatic carbocycles. The second-order valence-corrected chi connectivity index (χ2v) is 7.87. The van der Waals surface area contributed by atoms with E-state index in [0.717, 1.165) is 6.42 Å². The van der Waals surface area contributed by atoms with Crippen LogP contribution in [0.25, 0.3) is 0 Å². The third kappa shape index (κ3) is 2.66. The van der Waals surface area contributed by atoms with Crippen LogP contribution in [0.3, 0.4) is 0 Å². The normalized spacial score (nSPS) is 26.2. The van der Waals surface area contributed by atoms with E-state index in [1.54, 1.807) is 30.3 Å². The average Bonchev–Trinajstić information content (AvgIpc) is 3.42. The summed E-state index contributed by atoms with van der Waals surface area (Å²) in [5.74, 6) is -2.50. The molecule has 4 atom stereocenters. The van der Waals surface area contributed by atoms with Crippen molar-refractivity contribution in [2.75, 3.05) is 10.2 Å². The van der Waals surface area contributed by atoms with Gasteiger partial charge in [-0.05, 0) is 48.6 Å². The Morgan fingerprint density at radius 2 is 1.60 bits per heavy atom. The Balaban J connectivity index is 1.42. The molecule has 0 spiro atoms. The highest BCUT2D eigenvalue weighted by Crippen LogP contribution is 2.53. The minimum absolute atomic E-state index is 0.0253. The second kappa shape index (κ2) is 6.66. The molecule has 2 aromatic rings. The molecule has 1 heterocycles. The zero-order valence-corrected chi connectivity index (χ0v) is 15.8. The van der Waals surface area contributed by atoms with Crippen molar-refractivity contribution in [3.63, 3.8) is 0 Å². The molecule has 3 amide bonds. The molecule has 150 valence electrons. The van der Waals surface area contributed by atoms with E-state index in [4.69, 9.17) is 0 Å². The van der Waals surface area contributed by atoms with Crippen LogP contribution >= 0.6 is 0 Å². The van der Waals surface area contributed by atoms with Gasteiger partial charge in [-0.2, -0.15) is 0 Å². The van der Waals surface area contributed by atoms with E-state index in [0.29, 0.717) is 5.69 Å². The summed E-state index contributed by atoms with van der Waals surface area (Å²) in [6.07, 6.45) is 4.92. The summed E-state index contributed by atoms with van der Waals surface area (Å²) in [5.41, 5.74) is 0.734. The molecule has 2 bridgehead atoms. The number of benzene rings is 2. The van der Waals surface area contributed by atoms with Crippen LogP contribution in [0.5, 0.6) is 0 Å². The number of hydrogen-bond donors (Lipinski definition) is 2. The molecular weight excluding hydrogens is 384 g/mol. The number of imide groups is 1. The lowest BCUT2D eigenvalue weighted by Crippen LogP contribution is -2.33. The van der Waals surface area contributed by atoms with Gasteiger partial charge in [0, 0.05) is 5.56 Å². The number of rotatable bonds is 4. The number of amides is 3. The predicted octanol–water partition coefficient (Wildman–Crippen LogP) is 2.95. The van der Waals surface area contributed by atoms with Gasteiger partial charge >= 0.3 is 5.97 Å². The van der Waals surface area contributed by atoms with E-state index < -0.39 is 11.9 Å². The molecule has 2 N–H and O–H groups in total. The number of carbonyl (C=O) groups excluding carboxylic acids is 3. The first-order valence-corrected chi connectivity index (χ1v) is 9.75. The van der Waals surface area contributed by atoms with Crippen LogP contribution in [-0.4, -0.2) is 28.8 Å². The van der Waals surface area contributed by atoms with E-state index in [-0.39, 0.29) is 52.3 Å². The Morgan fingerprint density at radius 1 is 0.933 bits per heavy atom. The van der Waals surface area contributed by atoms with Gasteiger partial charge in [0.25, 0.3) is 5.91 Å². The Hall–Kier alpha value is -3.74. The molecule has 1 saturated heterocycles. The van der Waals surface area contributed by atoms with Crippen LogP contribution < -0.4 is 10.2 Å². The maximum atomic E-state index is 13.0. The number of aromatic carboxylic acids is 1. The van der Waals surface area contributed by atoms with Crippen molar-refractivity contribution in [1.82, 2.24) is 0 Å². The highest BCUT2D eigenvalue weighted by atomic mass is 16.4. The van der Waals surface area contributed by atoms with Gasteiger partial charge in [-0.1, -0.05) is 30.4 Å². The van der Waals surface area contributed by atoms with Gasteiger partial charge < -0.3 is 10.4 Å². The highest BCUT2D eigenvalue weighted by Gasteiger charge is 2.59. The van der Waals surface area contributed by atoms with Gasteiger partial charge in [0.1, 0.15) is 0 Å². The first-order valence-electron chi connectivity index (χ1n) is 9.75. The van der Waals surface area contributed by atoms with Crippen molar-refractivity contribution >= 4 is 35.1 Å². The summed E-state index contributed by atoms with van der Waals surface area (Å²) in [4.78, 5) is 51.2. The van der Waals surface area contributed by atoms with E-state index >= 15 is 0 Å². The number of fused-ring (bicyclic) bond motifs is 5. The molecule has 30 heavy (non-hydrogen) atoms. The molecule has 0 unspecified atom stereocenters. The number of anilines is 2. The highest BCUT2D eigenvalue weighted by molar-refractivity contribution is 6.23. The summed E-state index contributed by atoms with van der Waals surface area (Å²) in [6, 6.07) is 12.4. The Morgan fingerprint density at radius 3 is 2.27 bits per heavy atom. The first kappa shape index (κ1) is 18.3. The Labute approximate surface area is 172 Å². The maximum Gasteiger partial charge on any atom is 0.337 e. The smallest absolute Gasteiger partial charge is 0.337 e. The lowest BCUT2D eigenvalue weighted by molar-refractivity contribution is -0.123. The topological polar surface area (TPSA) is 104 Å². The zero-order chi connectivity index (χ0) is 21.0. The molecule has 1 aliphatic heterocycles. The van der Waals surface area contributed by atoms with Gasteiger partial charge in [-0.25, -0.2) is 9.69 Å². The predicted molar refractivity (Wildman–Crippen MR) is 108 cm³/mol. The van der Waals surface area contributed by atoms with Crippen molar-refractivity contribution in [3.8, 4) is 0 Å². The summed E-state index contributed by atoms with van der Waals surface area (Å²) in [5, 5.41) is 11.9. The largest absolute Gasteiger partial charge is 0.478 e. The van der Waals surface area contributed by atoms with E-state index in [1.165, 1.54) is 23.1 Å². The summed E-state index contributed by atoms with van der Waals surface area (Å²) < 4.78 is 0. The van der Waals surface area contributed by atoms with E-state index in [9.17, 15) is 24.3 Å². The average molecular weight is 402 g/mol. The number of nitrogens with zero attached hydrogens (tertiary/aromatic N) is 1. The van der Waals surface area contributed by atoms with E-state index in [1.807, 2.05) is 12.2 Å². The van der Waals surface area contributed by atoms with Crippen molar-refractivity contribution in [2.24, 2.45) is 23.7 Å². The third-order valence-electron chi connectivity index (χ3n) is 6.24. The summed E-state index contributed by atoms with van der Waals surface area (Å²) >= 11 is 0. The molecule has 2 fully saturated rings. The van der Waals surface area contributed by atoms with Crippen LogP contribution in [0.4, 0.5) is 11.4 Å². The minimum Gasteiger partial charge on any atom is -0.478 e. The van der Waals surface area contributed by atoms with Crippen LogP contribution in [0.1, 0.15) is 27.1 Å². The summed E-state index contributed by atoms with van der Waals surface area (Å²) in [7, 11) is 0. The van der Waals surface area contributed by atoms with Gasteiger partial charge in [-0.3, -0.25) is 14.4 Å². The molecule has 5 rings (SSSR count). The molecular formula is C23H18N2O5. The fraction of sp³-hybridized carbons (Fsp3) is 0.217. The van der Waals surface area contributed by atoms with Crippen molar-refractivity contribution in [1.29, 1.82) is 0 Å². The molecule has 0 aromatic heterocycles. The molecule has 2 aromatic carbocycles. The molecule has 3 aliphatic rings. The third-order valence-corrected chi connectivity index (χ3v) is 6.24.